The molecule has 1 aliphatic rings. The Morgan fingerprint density at radius 3 is 2.80 bits per heavy atom. The molecule has 3 unspecified atom stereocenters. The summed E-state index contributed by atoms with van der Waals surface area (Å²) in [6.07, 6.45) is 1.16. The molecule has 2 N–H and O–H groups in total. The Labute approximate surface area is 119 Å². The minimum atomic E-state index is -0.354. The van der Waals surface area contributed by atoms with Crippen molar-refractivity contribution in [2.45, 2.75) is 31.5 Å². The summed E-state index contributed by atoms with van der Waals surface area (Å²) in [5, 5.41) is 0. The van der Waals surface area contributed by atoms with Crippen molar-refractivity contribution >= 4 is 0 Å². The molecule has 0 bridgehead atoms. The lowest BCUT2D eigenvalue weighted by atomic mass is 10.0. The molecule has 2 rings (SSSR count). The lowest BCUT2D eigenvalue weighted by Gasteiger charge is -2.34. The van der Waals surface area contributed by atoms with Crippen LogP contribution in [0.1, 0.15) is 24.9 Å². The summed E-state index contributed by atoms with van der Waals surface area (Å²) in [6.45, 7) is 3.27. The van der Waals surface area contributed by atoms with Gasteiger partial charge in [-0.25, -0.2) is 4.39 Å². The molecule has 0 radical (unpaired) electrons. The van der Waals surface area contributed by atoms with Crippen LogP contribution in [0.25, 0.3) is 0 Å². The Kier molecular flexibility index (Phi) is 4.96. The predicted molar refractivity (Wildman–Crippen MR) is 76.3 cm³/mol. The number of hydrogen-bond donors (Lipinski definition) is 1. The molecule has 1 heterocycles. The molecule has 0 spiro atoms. The van der Waals surface area contributed by atoms with Crippen molar-refractivity contribution in [1.29, 1.82) is 0 Å². The minimum Gasteiger partial charge on any atom is -0.494 e. The second-order valence-electron chi connectivity index (χ2n) is 5.24. The van der Waals surface area contributed by atoms with Gasteiger partial charge in [-0.2, -0.15) is 0 Å². The van der Waals surface area contributed by atoms with Crippen LogP contribution in [-0.4, -0.2) is 44.4 Å². The molecule has 112 valence electrons. The van der Waals surface area contributed by atoms with Gasteiger partial charge in [0, 0.05) is 25.2 Å². The van der Waals surface area contributed by atoms with Gasteiger partial charge in [0.05, 0.1) is 13.2 Å². The first-order chi connectivity index (χ1) is 9.58. The molecule has 1 aromatic carbocycles. The van der Waals surface area contributed by atoms with Crippen molar-refractivity contribution in [1.82, 2.24) is 4.90 Å². The van der Waals surface area contributed by atoms with Gasteiger partial charge >= 0.3 is 0 Å². The first-order valence-corrected chi connectivity index (χ1v) is 6.95. The minimum absolute atomic E-state index is 0.0236. The first kappa shape index (κ1) is 15.2. The molecule has 1 saturated heterocycles. The van der Waals surface area contributed by atoms with Crippen LogP contribution >= 0.6 is 0 Å². The third-order valence-electron chi connectivity index (χ3n) is 4.13. The van der Waals surface area contributed by atoms with Crippen LogP contribution in [-0.2, 0) is 4.74 Å². The highest BCUT2D eigenvalue weighted by atomic mass is 19.1. The molecule has 20 heavy (non-hydrogen) atoms. The van der Waals surface area contributed by atoms with E-state index >= 15 is 0 Å². The van der Waals surface area contributed by atoms with Gasteiger partial charge in [-0.3, -0.25) is 4.90 Å². The van der Waals surface area contributed by atoms with E-state index in [4.69, 9.17) is 15.2 Å². The second kappa shape index (κ2) is 6.52. The lowest BCUT2D eigenvalue weighted by Crippen LogP contribution is -2.42. The standard InChI is InChI=1S/C15H23FN2O2/c1-10-13(6-7-20-10)18(2)14(9-17)11-4-5-15(19-3)12(16)8-11/h4-5,8,10,13-14H,6-7,9,17H2,1-3H3. The van der Waals surface area contributed by atoms with Crippen LogP contribution in [0.5, 0.6) is 5.75 Å². The van der Waals surface area contributed by atoms with Gasteiger partial charge in [0.15, 0.2) is 11.6 Å². The van der Waals surface area contributed by atoms with E-state index in [9.17, 15) is 4.39 Å². The normalized spacial score (nSPS) is 24.1. The van der Waals surface area contributed by atoms with E-state index in [1.165, 1.54) is 13.2 Å². The molecule has 0 aliphatic carbocycles. The van der Waals surface area contributed by atoms with Gasteiger partial charge in [0.1, 0.15) is 0 Å². The van der Waals surface area contributed by atoms with E-state index in [1.807, 2.05) is 13.1 Å². The van der Waals surface area contributed by atoms with Crippen molar-refractivity contribution in [2.24, 2.45) is 5.73 Å². The predicted octanol–water partition coefficient (Wildman–Crippen LogP) is 1.94. The first-order valence-electron chi connectivity index (χ1n) is 6.95. The van der Waals surface area contributed by atoms with Crippen LogP contribution in [0.3, 0.4) is 0 Å². The maximum atomic E-state index is 13.9. The fourth-order valence-corrected chi connectivity index (χ4v) is 2.91. The van der Waals surface area contributed by atoms with Crippen LogP contribution in [0.2, 0.25) is 0 Å². The van der Waals surface area contributed by atoms with Crippen LogP contribution < -0.4 is 10.5 Å². The number of halogens is 1. The summed E-state index contributed by atoms with van der Waals surface area (Å²) in [6, 6.07) is 5.32. The summed E-state index contributed by atoms with van der Waals surface area (Å²) in [4.78, 5) is 2.19. The maximum absolute atomic E-state index is 13.9. The number of hydrogen-bond acceptors (Lipinski definition) is 4. The molecule has 4 nitrogen and oxygen atoms in total. The number of methoxy groups -OCH3 is 1. The third kappa shape index (κ3) is 2.95. The summed E-state index contributed by atoms with van der Waals surface area (Å²) < 4.78 is 24.4. The van der Waals surface area contributed by atoms with Gasteiger partial charge in [-0.15, -0.1) is 0 Å². The molecule has 0 saturated carbocycles. The summed E-state index contributed by atoms with van der Waals surface area (Å²) >= 11 is 0. The Balaban J connectivity index is 2.20. The molecule has 3 atom stereocenters. The Bertz CT molecular complexity index is 455. The molecule has 1 aromatic rings. The monoisotopic (exact) mass is 282 g/mol. The summed E-state index contributed by atoms with van der Waals surface area (Å²) in [5.41, 5.74) is 6.77. The number of benzene rings is 1. The SMILES string of the molecule is COc1ccc(C(CN)N(C)C2CCOC2C)cc1F. The average Bonchev–Trinajstić information content (AvgIpc) is 2.86. The van der Waals surface area contributed by atoms with E-state index in [2.05, 4.69) is 11.8 Å². The number of nitrogens with zero attached hydrogens (tertiary/aromatic N) is 1. The van der Waals surface area contributed by atoms with Crippen molar-refractivity contribution in [3.8, 4) is 5.75 Å². The van der Waals surface area contributed by atoms with E-state index in [0.29, 0.717) is 12.6 Å². The van der Waals surface area contributed by atoms with Gasteiger partial charge in [-0.1, -0.05) is 6.07 Å². The van der Waals surface area contributed by atoms with E-state index in [0.717, 1.165) is 18.6 Å². The molecule has 0 amide bonds. The van der Waals surface area contributed by atoms with E-state index < -0.39 is 0 Å². The summed E-state index contributed by atoms with van der Waals surface area (Å²) in [5.74, 6) is -0.0997. The lowest BCUT2D eigenvalue weighted by molar-refractivity contribution is 0.0685. The van der Waals surface area contributed by atoms with Crippen LogP contribution in [0.4, 0.5) is 4.39 Å². The van der Waals surface area contributed by atoms with Crippen molar-refractivity contribution < 1.29 is 13.9 Å². The number of ether oxygens (including phenoxy) is 2. The fraction of sp³-hybridized carbons (Fsp3) is 0.600. The van der Waals surface area contributed by atoms with E-state index in [-0.39, 0.29) is 23.7 Å². The quantitative estimate of drug-likeness (QED) is 0.896. The topological polar surface area (TPSA) is 47.7 Å². The fourth-order valence-electron chi connectivity index (χ4n) is 2.91. The van der Waals surface area contributed by atoms with Crippen molar-refractivity contribution in [3.05, 3.63) is 29.6 Å². The van der Waals surface area contributed by atoms with Gasteiger partial charge in [-0.05, 0) is 38.1 Å². The highest BCUT2D eigenvalue weighted by molar-refractivity contribution is 5.31. The largest absolute Gasteiger partial charge is 0.494 e. The number of likely N-dealkylation sites (N-methyl/N-ethyl adjacent to an activating group) is 1. The zero-order valence-corrected chi connectivity index (χ0v) is 12.3. The average molecular weight is 282 g/mol. The Morgan fingerprint density at radius 1 is 1.55 bits per heavy atom. The van der Waals surface area contributed by atoms with Crippen LogP contribution in [0, 0.1) is 5.82 Å². The highest BCUT2D eigenvalue weighted by Gasteiger charge is 2.32. The van der Waals surface area contributed by atoms with E-state index in [1.54, 1.807) is 6.07 Å². The Morgan fingerprint density at radius 2 is 2.30 bits per heavy atom. The zero-order valence-electron chi connectivity index (χ0n) is 12.3. The zero-order chi connectivity index (χ0) is 14.7. The van der Waals surface area contributed by atoms with Crippen molar-refractivity contribution in [3.63, 3.8) is 0 Å². The van der Waals surface area contributed by atoms with Gasteiger partial charge < -0.3 is 15.2 Å². The third-order valence-corrected chi connectivity index (χ3v) is 4.13. The second-order valence-corrected chi connectivity index (χ2v) is 5.24. The number of rotatable bonds is 5. The molecule has 1 fully saturated rings. The maximum Gasteiger partial charge on any atom is 0.165 e. The molecular formula is C15H23FN2O2. The molecular weight excluding hydrogens is 259 g/mol. The van der Waals surface area contributed by atoms with Crippen molar-refractivity contribution in [2.75, 3.05) is 27.3 Å². The van der Waals surface area contributed by atoms with Crippen LogP contribution in [0.15, 0.2) is 18.2 Å². The van der Waals surface area contributed by atoms with Gasteiger partial charge in [0.25, 0.3) is 0 Å². The molecule has 5 heteroatoms. The molecule has 1 aliphatic heterocycles. The molecule has 0 aromatic heterocycles. The van der Waals surface area contributed by atoms with Gasteiger partial charge in [0.2, 0.25) is 0 Å². The Hall–Kier alpha value is -1.17. The highest BCUT2D eigenvalue weighted by Crippen LogP contribution is 2.29. The summed E-state index contributed by atoms with van der Waals surface area (Å²) in [7, 11) is 3.48. The smallest absolute Gasteiger partial charge is 0.165 e. The number of nitrogens with two attached hydrogens (primary N) is 1.